The monoisotopic (exact) mass is 467 g/mol. The number of rotatable bonds is 7. The molecule has 7 heteroatoms. The van der Waals surface area contributed by atoms with Crippen molar-refractivity contribution in [3.63, 3.8) is 0 Å². The van der Waals surface area contributed by atoms with Gasteiger partial charge in [0.15, 0.2) is 11.5 Å². The molecule has 3 unspecified atom stereocenters. The molecule has 174 valence electrons. The summed E-state index contributed by atoms with van der Waals surface area (Å²) in [6.45, 7) is 3.84. The number of benzene rings is 2. The summed E-state index contributed by atoms with van der Waals surface area (Å²) in [5, 5.41) is 0.729. The Morgan fingerprint density at radius 1 is 1.06 bits per heavy atom. The maximum absolute atomic E-state index is 13.4. The van der Waals surface area contributed by atoms with E-state index in [2.05, 4.69) is 17.0 Å². The average Bonchev–Trinajstić information content (AvgIpc) is 3.51. The topological polar surface area (TPSA) is 54.4 Å². The first-order chi connectivity index (χ1) is 16.1. The summed E-state index contributed by atoms with van der Waals surface area (Å²) in [5.41, 5.74) is 1.97. The largest absolute Gasteiger partial charge is 0.493 e. The maximum Gasteiger partial charge on any atom is 0.237 e. The van der Waals surface area contributed by atoms with Crippen molar-refractivity contribution >= 4 is 29.5 Å². The minimum atomic E-state index is -0.113. The van der Waals surface area contributed by atoms with Gasteiger partial charge in [0.2, 0.25) is 5.91 Å². The number of hydrogen-bond acceptors (Lipinski definition) is 5. The number of fused-ring (bicyclic) bond motifs is 1. The Bertz CT molecular complexity index is 1020. The number of hydrogen-bond donors (Lipinski definition) is 0. The Morgan fingerprint density at radius 3 is 2.61 bits per heavy atom. The van der Waals surface area contributed by atoms with E-state index in [9.17, 15) is 4.79 Å². The number of aliphatic imine (C=N–C) groups is 1. The van der Waals surface area contributed by atoms with Gasteiger partial charge in [0.1, 0.15) is 6.61 Å². The van der Waals surface area contributed by atoms with Crippen molar-refractivity contribution in [2.45, 2.75) is 37.6 Å². The van der Waals surface area contributed by atoms with E-state index in [1.807, 2.05) is 30.3 Å². The third kappa shape index (κ3) is 4.73. The highest BCUT2D eigenvalue weighted by Gasteiger charge is 2.43. The smallest absolute Gasteiger partial charge is 0.237 e. The fourth-order valence-electron chi connectivity index (χ4n) is 5.25. The van der Waals surface area contributed by atoms with Crippen molar-refractivity contribution in [1.82, 2.24) is 4.90 Å². The van der Waals surface area contributed by atoms with Crippen LogP contribution in [0.25, 0.3) is 0 Å². The van der Waals surface area contributed by atoms with Gasteiger partial charge in [-0.25, -0.2) is 0 Å². The van der Waals surface area contributed by atoms with E-state index >= 15 is 0 Å². The molecule has 6 nitrogen and oxygen atoms in total. The number of methoxy groups -OCH3 is 1. The van der Waals surface area contributed by atoms with Crippen molar-refractivity contribution in [1.29, 1.82) is 0 Å². The molecule has 0 N–H and O–H groups in total. The van der Waals surface area contributed by atoms with Gasteiger partial charge in [0, 0.05) is 17.6 Å². The molecular weight excluding hydrogens is 438 g/mol. The molecule has 3 aliphatic rings. The van der Waals surface area contributed by atoms with Crippen LogP contribution in [0.4, 0.5) is 5.69 Å². The standard InChI is InChI=1S/C26H30ClN3O3/c1-32-25-16-21(8-9-24(25)33-13-12-29-10-2-3-11-29)30-17-28-23-15-19(14-22(23)26(30)31)18-4-6-20(27)7-5-18/h4-9,16-17,19,22-23H,2-3,10-15H2,1H3. The summed E-state index contributed by atoms with van der Waals surface area (Å²) >= 11 is 6.04. The van der Waals surface area contributed by atoms with Crippen molar-refractivity contribution in [2.24, 2.45) is 10.9 Å². The third-order valence-electron chi connectivity index (χ3n) is 7.09. The lowest BCUT2D eigenvalue weighted by Crippen LogP contribution is -2.42. The van der Waals surface area contributed by atoms with E-state index in [0.717, 1.165) is 43.2 Å². The van der Waals surface area contributed by atoms with Crippen LogP contribution in [0.15, 0.2) is 47.5 Å². The molecule has 3 atom stereocenters. The van der Waals surface area contributed by atoms with Crippen LogP contribution in [-0.2, 0) is 4.79 Å². The van der Waals surface area contributed by atoms with Crippen LogP contribution >= 0.6 is 11.6 Å². The quantitative estimate of drug-likeness (QED) is 0.589. The van der Waals surface area contributed by atoms with E-state index in [1.54, 1.807) is 18.3 Å². The SMILES string of the molecule is COc1cc(N2C=NC3CC(c4ccc(Cl)cc4)CC3C2=O)ccc1OCCN1CCCC1. The summed E-state index contributed by atoms with van der Waals surface area (Å²) in [7, 11) is 1.63. The number of ether oxygens (including phenoxy) is 2. The molecule has 1 saturated carbocycles. The number of carbonyl (C=O) groups is 1. The second-order valence-corrected chi connectivity index (χ2v) is 9.54. The van der Waals surface area contributed by atoms with E-state index < -0.39 is 0 Å². The molecule has 0 spiro atoms. The Kier molecular flexibility index (Phi) is 6.56. The zero-order valence-corrected chi connectivity index (χ0v) is 19.7. The molecule has 2 aromatic carbocycles. The van der Waals surface area contributed by atoms with Crippen molar-refractivity contribution in [3.05, 3.63) is 53.1 Å². The van der Waals surface area contributed by atoms with Crippen LogP contribution in [0.1, 0.15) is 37.2 Å². The molecule has 5 rings (SSSR count). The van der Waals surface area contributed by atoms with E-state index in [1.165, 1.54) is 18.4 Å². The number of anilines is 1. The van der Waals surface area contributed by atoms with Crippen molar-refractivity contribution < 1.29 is 14.3 Å². The number of carbonyl (C=O) groups excluding carboxylic acids is 1. The lowest BCUT2D eigenvalue weighted by atomic mass is 9.96. The number of halogens is 1. The third-order valence-corrected chi connectivity index (χ3v) is 7.34. The minimum Gasteiger partial charge on any atom is -0.493 e. The molecular formula is C26H30ClN3O3. The summed E-state index contributed by atoms with van der Waals surface area (Å²) in [6, 6.07) is 13.6. The maximum atomic E-state index is 13.4. The normalized spacial score (nSPS) is 24.8. The molecule has 0 aromatic heterocycles. The summed E-state index contributed by atoms with van der Waals surface area (Å²) in [5.74, 6) is 1.62. The lowest BCUT2D eigenvalue weighted by molar-refractivity contribution is -0.121. The van der Waals surface area contributed by atoms with Gasteiger partial charge in [-0.2, -0.15) is 0 Å². The summed E-state index contributed by atoms with van der Waals surface area (Å²) in [4.78, 5) is 22.2. The first-order valence-corrected chi connectivity index (χ1v) is 12.1. The van der Waals surface area contributed by atoms with Gasteiger partial charge in [-0.3, -0.25) is 19.6 Å². The van der Waals surface area contributed by atoms with E-state index in [-0.39, 0.29) is 17.9 Å². The van der Waals surface area contributed by atoms with E-state index in [0.29, 0.717) is 24.0 Å². The molecule has 33 heavy (non-hydrogen) atoms. The van der Waals surface area contributed by atoms with Crippen molar-refractivity contribution in [3.8, 4) is 11.5 Å². The highest BCUT2D eigenvalue weighted by Crippen LogP contribution is 2.43. The second kappa shape index (κ2) is 9.74. The highest BCUT2D eigenvalue weighted by atomic mass is 35.5. The van der Waals surface area contributed by atoms with Crippen LogP contribution in [0.3, 0.4) is 0 Å². The molecule has 2 aliphatic heterocycles. The zero-order valence-electron chi connectivity index (χ0n) is 19.0. The fourth-order valence-corrected chi connectivity index (χ4v) is 5.38. The molecule has 0 bridgehead atoms. The first-order valence-electron chi connectivity index (χ1n) is 11.8. The van der Waals surface area contributed by atoms with Gasteiger partial charge in [-0.1, -0.05) is 23.7 Å². The average molecular weight is 468 g/mol. The van der Waals surface area contributed by atoms with Gasteiger partial charge in [-0.15, -0.1) is 0 Å². The number of nitrogens with zero attached hydrogens (tertiary/aromatic N) is 3. The van der Waals surface area contributed by atoms with Crippen LogP contribution < -0.4 is 14.4 Å². The number of amides is 1. The number of likely N-dealkylation sites (tertiary alicyclic amines) is 1. The lowest BCUT2D eigenvalue weighted by Gasteiger charge is -2.28. The Morgan fingerprint density at radius 2 is 1.85 bits per heavy atom. The van der Waals surface area contributed by atoms with Gasteiger partial charge in [0.05, 0.1) is 31.1 Å². The zero-order chi connectivity index (χ0) is 22.8. The Balaban J connectivity index is 1.26. The van der Waals surface area contributed by atoms with Gasteiger partial charge in [-0.05, 0) is 74.5 Å². The van der Waals surface area contributed by atoms with Gasteiger partial charge < -0.3 is 9.47 Å². The summed E-state index contributed by atoms with van der Waals surface area (Å²) < 4.78 is 11.6. The molecule has 1 amide bonds. The molecule has 0 radical (unpaired) electrons. The second-order valence-electron chi connectivity index (χ2n) is 9.10. The van der Waals surface area contributed by atoms with Crippen LogP contribution in [0, 0.1) is 5.92 Å². The summed E-state index contributed by atoms with van der Waals surface area (Å²) in [6.07, 6.45) is 5.90. The van der Waals surface area contributed by atoms with Crippen LogP contribution in [0.2, 0.25) is 5.02 Å². The first kappa shape index (κ1) is 22.2. The van der Waals surface area contributed by atoms with E-state index in [4.69, 9.17) is 26.1 Å². The van der Waals surface area contributed by atoms with Gasteiger partial charge >= 0.3 is 0 Å². The molecule has 1 aliphatic carbocycles. The van der Waals surface area contributed by atoms with Crippen LogP contribution in [-0.4, -0.2) is 56.5 Å². The highest BCUT2D eigenvalue weighted by molar-refractivity contribution is 6.30. The fraction of sp³-hybridized carbons (Fsp3) is 0.462. The van der Waals surface area contributed by atoms with Crippen LogP contribution in [0.5, 0.6) is 11.5 Å². The molecule has 1 saturated heterocycles. The van der Waals surface area contributed by atoms with Gasteiger partial charge in [0.25, 0.3) is 0 Å². The predicted octanol–water partition coefficient (Wildman–Crippen LogP) is 4.76. The Hall–Kier alpha value is -2.57. The molecule has 2 aromatic rings. The van der Waals surface area contributed by atoms with Crippen molar-refractivity contribution in [2.75, 3.05) is 38.3 Å². The molecule has 2 heterocycles. The minimum absolute atomic E-state index is 0.0320. The predicted molar refractivity (Wildman–Crippen MR) is 131 cm³/mol. The Labute approximate surface area is 200 Å². The molecule has 2 fully saturated rings.